The van der Waals surface area contributed by atoms with Gasteiger partial charge in [0.15, 0.2) is 0 Å². The number of hydrogen-bond acceptors (Lipinski definition) is 2. The van der Waals surface area contributed by atoms with E-state index in [1.807, 2.05) is 10.9 Å². The lowest BCUT2D eigenvalue weighted by Crippen LogP contribution is -2.27. The standard InChI is InChI=1S/C12H16BrN3/c1-2-9-3-4-10(6-14)12(5-9)16-8-11(13)7-15-16/h7-10,12H,2-5H2,1H3. The van der Waals surface area contributed by atoms with Crippen LogP contribution in [0, 0.1) is 23.2 Å². The van der Waals surface area contributed by atoms with Crippen molar-refractivity contribution in [3.63, 3.8) is 0 Å². The first-order valence-electron chi connectivity index (χ1n) is 5.83. The highest BCUT2D eigenvalue weighted by Crippen LogP contribution is 2.38. The number of halogens is 1. The molecule has 1 fully saturated rings. The maximum Gasteiger partial charge on any atom is 0.0688 e. The Bertz CT molecular complexity index is 393. The molecule has 3 unspecified atom stereocenters. The van der Waals surface area contributed by atoms with Gasteiger partial charge in [-0.3, -0.25) is 4.68 Å². The lowest BCUT2D eigenvalue weighted by molar-refractivity contribution is 0.203. The lowest BCUT2D eigenvalue weighted by Gasteiger charge is -2.32. The monoisotopic (exact) mass is 281 g/mol. The molecule has 3 atom stereocenters. The van der Waals surface area contributed by atoms with Gasteiger partial charge in [-0.2, -0.15) is 10.4 Å². The molecule has 1 aliphatic carbocycles. The molecule has 1 heterocycles. The van der Waals surface area contributed by atoms with E-state index in [0.717, 1.165) is 23.2 Å². The van der Waals surface area contributed by atoms with Gasteiger partial charge in [-0.15, -0.1) is 0 Å². The first-order valence-corrected chi connectivity index (χ1v) is 6.63. The molecular weight excluding hydrogens is 266 g/mol. The molecule has 16 heavy (non-hydrogen) atoms. The molecular formula is C12H16BrN3. The van der Waals surface area contributed by atoms with Gasteiger partial charge in [0, 0.05) is 6.20 Å². The Morgan fingerprint density at radius 2 is 2.44 bits per heavy atom. The minimum atomic E-state index is 0.120. The van der Waals surface area contributed by atoms with Gasteiger partial charge in [0.1, 0.15) is 0 Å². The van der Waals surface area contributed by atoms with E-state index in [1.165, 1.54) is 12.8 Å². The highest BCUT2D eigenvalue weighted by Gasteiger charge is 2.31. The highest BCUT2D eigenvalue weighted by molar-refractivity contribution is 9.10. The minimum absolute atomic E-state index is 0.120. The van der Waals surface area contributed by atoms with Crippen molar-refractivity contribution < 1.29 is 0 Å². The first kappa shape index (κ1) is 11.7. The third-order valence-corrected chi connectivity index (χ3v) is 3.99. The summed E-state index contributed by atoms with van der Waals surface area (Å²) in [5, 5.41) is 13.5. The van der Waals surface area contributed by atoms with E-state index in [4.69, 9.17) is 0 Å². The molecule has 86 valence electrons. The maximum atomic E-state index is 9.19. The molecule has 0 spiro atoms. The fourth-order valence-electron chi connectivity index (χ4n) is 2.54. The van der Waals surface area contributed by atoms with Crippen LogP contribution >= 0.6 is 15.9 Å². The maximum absolute atomic E-state index is 9.19. The van der Waals surface area contributed by atoms with Crippen LogP contribution in [0.1, 0.15) is 38.6 Å². The van der Waals surface area contributed by atoms with Crippen LogP contribution in [-0.2, 0) is 0 Å². The van der Waals surface area contributed by atoms with Crippen molar-refractivity contribution in [2.24, 2.45) is 11.8 Å². The smallest absolute Gasteiger partial charge is 0.0688 e. The summed E-state index contributed by atoms with van der Waals surface area (Å²) in [7, 11) is 0. The van der Waals surface area contributed by atoms with E-state index < -0.39 is 0 Å². The van der Waals surface area contributed by atoms with Crippen molar-refractivity contribution in [1.82, 2.24) is 9.78 Å². The third kappa shape index (κ3) is 2.30. The van der Waals surface area contributed by atoms with Crippen molar-refractivity contribution in [2.75, 3.05) is 0 Å². The molecule has 0 saturated heterocycles. The van der Waals surface area contributed by atoms with Crippen molar-refractivity contribution in [3.05, 3.63) is 16.9 Å². The summed E-state index contributed by atoms with van der Waals surface area (Å²) in [5.41, 5.74) is 0. The van der Waals surface area contributed by atoms with Crippen LogP contribution < -0.4 is 0 Å². The van der Waals surface area contributed by atoms with E-state index in [-0.39, 0.29) is 12.0 Å². The van der Waals surface area contributed by atoms with E-state index in [2.05, 4.69) is 34.0 Å². The summed E-state index contributed by atoms with van der Waals surface area (Å²) in [5.74, 6) is 0.868. The van der Waals surface area contributed by atoms with Gasteiger partial charge in [0.05, 0.1) is 28.7 Å². The van der Waals surface area contributed by atoms with Gasteiger partial charge in [0.2, 0.25) is 0 Å². The molecule has 1 saturated carbocycles. The fraction of sp³-hybridized carbons (Fsp3) is 0.667. The van der Waals surface area contributed by atoms with Crippen LogP contribution in [0.5, 0.6) is 0 Å². The molecule has 0 bridgehead atoms. The Labute approximate surface area is 105 Å². The summed E-state index contributed by atoms with van der Waals surface area (Å²) in [6.07, 6.45) is 8.27. The number of nitrogens with zero attached hydrogens (tertiary/aromatic N) is 3. The number of aromatic nitrogens is 2. The second-order valence-corrected chi connectivity index (χ2v) is 5.44. The fourth-order valence-corrected chi connectivity index (χ4v) is 2.84. The molecule has 1 aliphatic rings. The first-order chi connectivity index (χ1) is 7.74. The summed E-state index contributed by atoms with van der Waals surface area (Å²) in [6.45, 7) is 2.23. The molecule has 0 N–H and O–H groups in total. The Hall–Kier alpha value is -0.820. The molecule has 0 radical (unpaired) electrons. The van der Waals surface area contributed by atoms with Crippen LogP contribution in [0.2, 0.25) is 0 Å². The lowest BCUT2D eigenvalue weighted by atomic mass is 9.78. The van der Waals surface area contributed by atoms with Gasteiger partial charge in [0.25, 0.3) is 0 Å². The number of hydrogen-bond donors (Lipinski definition) is 0. The number of rotatable bonds is 2. The number of nitriles is 1. The van der Waals surface area contributed by atoms with Gasteiger partial charge >= 0.3 is 0 Å². The SMILES string of the molecule is CCC1CCC(C#N)C(n2cc(Br)cn2)C1. The van der Waals surface area contributed by atoms with Crippen molar-refractivity contribution in [3.8, 4) is 6.07 Å². The van der Waals surface area contributed by atoms with Crippen molar-refractivity contribution in [1.29, 1.82) is 5.26 Å². The molecule has 0 aliphatic heterocycles. The zero-order chi connectivity index (χ0) is 11.5. The molecule has 1 aromatic heterocycles. The topological polar surface area (TPSA) is 41.6 Å². The Morgan fingerprint density at radius 1 is 1.62 bits per heavy atom. The average molecular weight is 282 g/mol. The van der Waals surface area contributed by atoms with Gasteiger partial charge in [-0.05, 0) is 41.1 Å². The zero-order valence-corrected chi connectivity index (χ0v) is 11.0. The molecule has 1 aromatic rings. The van der Waals surface area contributed by atoms with E-state index in [1.54, 1.807) is 6.20 Å². The molecule has 4 heteroatoms. The molecule has 2 rings (SSSR count). The second kappa shape index (κ2) is 5.01. The van der Waals surface area contributed by atoms with E-state index in [9.17, 15) is 5.26 Å². The predicted molar refractivity (Wildman–Crippen MR) is 65.7 cm³/mol. The second-order valence-electron chi connectivity index (χ2n) is 4.53. The van der Waals surface area contributed by atoms with Gasteiger partial charge in [-0.1, -0.05) is 13.3 Å². The van der Waals surface area contributed by atoms with Crippen LogP contribution in [0.15, 0.2) is 16.9 Å². The molecule has 0 aromatic carbocycles. The Kier molecular flexibility index (Phi) is 3.65. The quantitative estimate of drug-likeness (QED) is 0.832. The normalized spacial score (nSPS) is 29.9. The Balaban J connectivity index is 2.18. The minimum Gasteiger partial charge on any atom is -0.267 e. The van der Waals surface area contributed by atoms with Crippen molar-refractivity contribution >= 4 is 15.9 Å². The summed E-state index contributed by atoms with van der Waals surface area (Å²) < 4.78 is 2.95. The summed E-state index contributed by atoms with van der Waals surface area (Å²) in [6, 6.07) is 2.69. The van der Waals surface area contributed by atoms with Gasteiger partial charge < -0.3 is 0 Å². The zero-order valence-electron chi connectivity index (χ0n) is 9.43. The van der Waals surface area contributed by atoms with Crippen molar-refractivity contribution in [2.45, 2.75) is 38.6 Å². The predicted octanol–water partition coefficient (Wildman–Crippen LogP) is 3.54. The van der Waals surface area contributed by atoms with Gasteiger partial charge in [-0.25, -0.2) is 0 Å². The Morgan fingerprint density at radius 3 is 3.00 bits per heavy atom. The van der Waals surface area contributed by atoms with E-state index in [0.29, 0.717) is 0 Å². The van der Waals surface area contributed by atoms with Crippen LogP contribution in [0.4, 0.5) is 0 Å². The third-order valence-electron chi connectivity index (χ3n) is 3.58. The average Bonchev–Trinajstić information content (AvgIpc) is 2.75. The van der Waals surface area contributed by atoms with Crippen LogP contribution in [0.25, 0.3) is 0 Å². The van der Waals surface area contributed by atoms with Crippen LogP contribution in [0.3, 0.4) is 0 Å². The molecule has 3 nitrogen and oxygen atoms in total. The highest BCUT2D eigenvalue weighted by atomic mass is 79.9. The summed E-state index contributed by atoms with van der Waals surface area (Å²) >= 11 is 3.41. The van der Waals surface area contributed by atoms with Crippen LogP contribution in [-0.4, -0.2) is 9.78 Å². The largest absolute Gasteiger partial charge is 0.267 e. The molecule has 0 amide bonds. The van der Waals surface area contributed by atoms with E-state index >= 15 is 0 Å². The summed E-state index contributed by atoms with van der Waals surface area (Å²) in [4.78, 5) is 0.